The third-order valence-corrected chi connectivity index (χ3v) is 3.96. The third kappa shape index (κ3) is 4.75. The van der Waals surface area contributed by atoms with Gasteiger partial charge in [-0.2, -0.15) is 0 Å². The van der Waals surface area contributed by atoms with E-state index in [2.05, 4.69) is 24.5 Å². The smallest absolute Gasteiger partial charge is 0.227 e. The molecular formula is C14H28N2O3. The lowest BCUT2D eigenvalue weighted by atomic mass is 9.96. The predicted octanol–water partition coefficient (Wildman–Crippen LogP) is 0.524. The molecule has 5 nitrogen and oxygen atoms in total. The Hall–Kier alpha value is -0.650. The summed E-state index contributed by atoms with van der Waals surface area (Å²) in [6.45, 7) is 8.35. The summed E-state index contributed by atoms with van der Waals surface area (Å²) >= 11 is 0. The van der Waals surface area contributed by atoms with Gasteiger partial charge in [-0.3, -0.25) is 4.79 Å². The van der Waals surface area contributed by atoms with Crippen molar-refractivity contribution >= 4 is 5.91 Å². The van der Waals surface area contributed by atoms with Crippen molar-refractivity contribution in [3.05, 3.63) is 0 Å². The number of nitrogens with one attached hydrogen (secondary N) is 2. The first-order chi connectivity index (χ1) is 9.13. The van der Waals surface area contributed by atoms with Crippen molar-refractivity contribution < 1.29 is 14.6 Å². The summed E-state index contributed by atoms with van der Waals surface area (Å²) in [6, 6.07) is 0.0929. The van der Waals surface area contributed by atoms with E-state index in [9.17, 15) is 9.90 Å². The van der Waals surface area contributed by atoms with Crippen molar-refractivity contribution in [2.75, 3.05) is 26.3 Å². The Kier molecular flexibility index (Phi) is 7.34. The molecule has 0 aliphatic carbocycles. The summed E-state index contributed by atoms with van der Waals surface area (Å²) in [5.74, 6) is 0.0898. The minimum Gasteiger partial charge on any atom is -0.391 e. The fourth-order valence-corrected chi connectivity index (χ4v) is 2.61. The van der Waals surface area contributed by atoms with Crippen molar-refractivity contribution in [2.45, 2.75) is 45.8 Å². The SMILES string of the molecule is CCNC1COCC1C(=O)NCC(O)C(CC)CC. The molecule has 1 amide bonds. The van der Waals surface area contributed by atoms with Crippen LogP contribution in [0.3, 0.4) is 0 Å². The molecule has 1 saturated heterocycles. The van der Waals surface area contributed by atoms with E-state index in [0.29, 0.717) is 19.8 Å². The Morgan fingerprint density at radius 1 is 1.32 bits per heavy atom. The van der Waals surface area contributed by atoms with Gasteiger partial charge < -0.3 is 20.5 Å². The molecule has 112 valence electrons. The minimum absolute atomic E-state index is 0.0199. The first-order valence-electron chi connectivity index (χ1n) is 7.40. The van der Waals surface area contributed by atoms with E-state index >= 15 is 0 Å². The van der Waals surface area contributed by atoms with E-state index in [-0.39, 0.29) is 23.8 Å². The summed E-state index contributed by atoms with van der Waals surface area (Å²) in [5.41, 5.74) is 0. The van der Waals surface area contributed by atoms with E-state index in [1.165, 1.54) is 0 Å². The number of ether oxygens (including phenoxy) is 1. The van der Waals surface area contributed by atoms with Gasteiger partial charge >= 0.3 is 0 Å². The zero-order valence-electron chi connectivity index (χ0n) is 12.3. The van der Waals surface area contributed by atoms with Gasteiger partial charge in [0.15, 0.2) is 0 Å². The van der Waals surface area contributed by atoms with Crippen LogP contribution in [0.1, 0.15) is 33.6 Å². The summed E-state index contributed by atoms with van der Waals surface area (Å²) in [4.78, 5) is 12.1. The van der Waals surface area contributed by atoms with Gasteiger partial charge in [0.05, 0.1) is 25.2 Å². The maximum Gasteiger partial charge on any atom is 0.227 e. The highest BCUT2D eigenvalue weighted by atomic mass is 16.5. The Bertz CT molecular complexity index is 269. The molecule has 0 saturated carbocycles. The number of hydrogen-bond acceptors (Lipinski definition) is 4. The standard InChI is InChI=1S/C14H28N2O3/c1-4-10(5-2)13(17)7-16-14(18)11-8-19-9-12(11)15-6-3/h10-13,15,17H,4-9H2,1-3H3,(H,16,18). The van der Waals surface area contributed by atoms with Crippen molar-refractivity contribution in [3.63, 3.8) is 0 Å². The van der Waals surface area contributed by atoms with Gasteiger partial charge in [-0.05, 0) is 12.5 Å². The molecule has 0 aromatic carbocycles. The number of aliphatic hydroxyl groups is 1. The molecule has 19 heavy (non-hydrogen) atoms. The highest BCUT2D eigenvalue weighted by Gasteiger charge is 2.33. The Morgan fingerprint density at radius 3 is 2.58 bits per heavy atom. The van der Waals surface area contributed by atoms with Crippen molar-refractivity contribution in [1.82, 2.24) is 10.6 Å². The normalized spacial score (nSPS) is 24.7. The first kappa shape index (κ1) is 16.4. The summed E-state index contributed by atoms with van der Waals surface area (Å²) in [7, 11) is 0. The third-order valence-electron chi connectivity index (χ3n) is 3.96. The molecule has 1 aliphatic rings. The summed E-state index contributed by atoms with van der Waals surface area (Å²) in [6.07, 6.45) is 1.40. The Labute approximate surface area is 116 Å². The summed E-state index contributed by atoms with van der Waals surface area (Å²) in [5, 5.41) is 16.1. The lowest BCUT2D eigenvalue weighted by Crippen LogP contribution is -2.46. The van der Waals surface area contributed by atoms with Crippen LogP contribution in [0.25, 0.3) is 0 Å². The molecular weight excluding hydrogens is 244 g/mol. The molecule has 1 rings (SSSR count). The van der Waals surface area contributed by atoms with Crippen LogP contribution in [0.15, 0.2) is 0 Å². The predicted molar refractivity (Wildman–Crippen MR) is 74.9 cm³/mol. The van der Waals surface area contributed by atoms with Crippen LogP contribution in [-0.2, 0) is 9.53 Å². The molecule has 5 heteroatoms. The number of rotatable bonds is 8. The average Bonchev–Trinajstić information content (AvgIpc) is 2.86. The molecule has 0 aromatic rings. The van der Waals surface area contributed by atoms with Crippen LogP contribution in [-0.4, -0.2) is 49.5 Å². The van der Waals surface area contributed by atoms with E-state index in [1.54, 1.807) is 0 Å². The van der Waals surface area contributed by atoms with Gasteiger partial charge in [-0.1, -0.05) is 33.6 Å². The number of amides is 1. The molecule has 1 heterocycles. The fraction of sp³-hybridized carbons (Fsp3) is 0.929. The zero-order chi connectivity index (χ0) is 14.3. The lowest BCUT2D eigenvalue weighted by molar-refractivity contribution is -0.126. The number of aliphatic hydroxyl groups excluding tert-OH is 1. The topological polar surface area (TPSA) is 70.6 Å². The maximum absolute atomic E-state index is 12.1. The van der Waals surface area contributed by atoms with Crippen LogP contribution in [0, 0.1) is 11.8 Å². The first-order valence-corrected chi connectivity index (χ1v) is 7.40. The zero-order valence-corrected chi connectivity index (χ0v) is 12.3. The Morgan fingerprint density at radius 2 is 2.00 bits per heavy atom. The van der Waals surface area contributed by atoms with Crippen molar-refractivity contribution in [2.24, 2.45) is 11.8 Å². The molecule has 0 spiro atoms. The van der Waals surface area contributed by atoms with Crippen LogP contribution >= 0.6 is 0 Å². The second-order valence-corrected chi connectivity index (χ2v) is 5.20. The van der Waals surface area contributed by atoms with E-state index < -0.39 is 6.10 Å². The minimum atomic E-state index is -0.459. The van der Waals surface area contributed by atoms with Crippen LogP contribution in [0.5, 0.6) is 0 Å². The second kappa shape index (κ2) is 8.51. The fourth-order valence-electron chi connectivity index (χ4n) is 2.61. The van der Waals surface area contributed by atoms with Gasteiger partial charge in [-0.15, -0.1) is 0 Å². The molecule has 1 aliphatic heterocycles. The van der Waals surface area contributed by atoms with Gasteiger partial charge in [0.1, 0.15) is 0 Å². The summed E-state index contributed by atoms with van der Waals surface area (Å²) < 4.78 is 5.35. The highest BCUT2D eigenvalue weighted by Crippen LogP contribution is 2.15. The maximum atomic E-state index is 12.1. The molecule has 3 atom stereocenters. The quantitative estimate of drug-likeness (QED) is 0.602. The lowest BCUT2D eigenvalue weighted by Gasteiger charge is -2.22. The van der Waals surface area contributed by atoms with Crippen LogP contribution in [0.4, 0.5) is 0 Å². The van der Waals surface area contributed by atoms with E-state index in [1.807, 2.05) is 6.92 Å². The van der Waals surface area contributed by atoms with E-state index in [4.69, 9.17) is 4.74 Å². The van der Waals surface area contributed by atoms with Gasteiger partial charge in [0.25, 0.3) is 0 Å². The molecule has 0 bridgehead atoms. The highest BCUT2D eigenvalue weighted by molar-refractivity contribution is 5.79. The molecule has 1 fully saturated rings. The second-order valence-electron chi connectivity index (χ2n) is 5.20. The largest absolute Gasteiger partial charge is 0.391 e. The van der Waals surface area contributed by atoms with Crippen LogP contribution in [0.2, 0.25) is 0 Å². The molecule has 3 N–H and O–H groups in total. The number of carbonyl (C=O) groups excluding carboxylic acids is 1. The van der Waals surface area contributed by atoms with Gasteiger partial charge in [0, 0.05) is 12.6 Å². The number of likely N-dealkylation sites (N-methyl/N-ethyl adjacent to an activating group) is 1. The van der Waals surface area contributed by atoms with Gasteiger partial charge in [-0.25, -0.2) is 0 Å². The number of hydrogen-bond donors (Lipinski definition) is 3. The van der Waals surface area contributed by atoms with Gasteiger partial charge in [0.2, 0.25) is 5.91 Å². The van der Waals surface area contributed by atoms with Crippen molar-refractivity contribution in [3.8, 4) is 0 Å². The van der Waals surface area contributed by atoms with E-state index in [0.717, 1.165) is 19.4 Å². The molecule has 0 aromatic heterocycles. The number of carbonyl (C=O) groups is 1. The molecule has 0 radical (unpaired) electrons. The monoisotopic (exact) mass is 272 g/mol. The van der Waals surface area contributed by atoms with Crippen molar-refractivity contribution in [1.29, 1.82) is 0 Å². The average molecular weight is 272 g/mol. The van der Waals surface area contributed by atoms with Crippen LogP contribution < -0.4 is 10.6 Å². The Balaban J connectivity index is 2.38. The molecule has 3 unspecified atom stereocenters.